The van der Waals surface area contributed by atoms with Gasteiger partial charge in [0.05, 0.1) is 18.9 Å². The quantitative estimate of drug-likeness (QED) is 0.226. The molecule has 2 heterocycles. The van der Waals surface area contributed by atoms with Gasteiger partial charge in [-0.1, -0.05) is 91.0 Å². The molecule has 5 aromatic rings. The lowest BCUT2D eigenvalue weighted by molar-refractivity contribution is -0.246. The molecule has 9 rings (SSSR count). The number of rotatable bonds is 5. The lowest BCUT2D eigenvalue weighted by Crippen LogP contribution is -2.51. The fraction of sp³-hybridized carbons (Fsp3) is 0.263. The van der Waals surface area contributed by atoms with Crippen LogP contribution >= 0.6 is 0 Å². The number of nitrogens with zero attached hydrogens (tertiary/aromatic N) is 1. The van der Waals surface area contributed by atoms with Crippen molar-refractivity contribution >= 4 is 33.5 Å². The van der Waals surface area contributed by atoms with Gasteiger partial charge >= 0.3 is 11.9 Å². The summed E-state index contributed by atoms with van der Waals surface area (Å²) in [5.41, 5.74) is 0.878. The van der Waals surface area contributed by atoms with Crippen molar-refractivity contribution in [3.63, 3.8) is 0 Å². The summed E-state index contributed by atoms with van der Waals surface area (Å²) in [4.78, 5) is 25.8. The number of methoxy groups -OCH3 is 1. The lowest BCUT2D eigenvalue weighted by Gasteiger charge is -2.48. The molecule has 0 amide bonds. The number of aliphatic carboxylic acids is 2. The van der Waals surface area contributed by atoms with Gasteiger partial charge in [0, 0.05) is 0 Å². The number of carboxylic acid groups (broad SMARTS) is 2. The zero-order chi connectivity index (χ0) is 30.8. The summed E-state index contributed by atoms with van der Waals surface area (Å²) < 4.78 is 5.74. The Labute approximate surface area is 259 Å². The number of ether oxygens (including phenoxy) is 1. The van der Waals surface area contributed by atoms with Crippen molar-refractivity contribution < 1.29 is 29.7 Å². The van der Waals surface area contributed by atoms with Crippen LogP contribution in [0.4, 0.5) is 0 Å². The van der Waals surface area contributed by atoms with Gasteiger partial charge < -0.3 is 14.9 Å². The molecule has 0 spiro atoms. The van der Waals surface area contributed by atoms with E-state index in [0.717, 1.165) is 43.8 Å². The maximum atomic E-state index is 16.0. The summed E-state index contributed by atoms with van der Waals surface area (Å²) >= 11 is 0. The number of fused-ring (bicyclic) bond motifs is 17. The van der Waals surface area contributed by atoms with E-state index in [1.165, 1.54) is 5.06 Å². The highest BCUT2D eigenvalue weighted by Crippen LogP contribution is 2.80. The number of carboxylic acids is 2. The molecule has 45 heavy (non-hydrogen) atoms. The van der Waals surface area contributed by atoms with Crippen molar-refractivity contribution in [1.82, 2.24) is 5.06 Å². The average molecular weight is 597 g/mol. The second-order valence-corrected chi connectivity index (χ2v) is 13.1. The molecule has 4 aliphatic rings. The molecule has 7 heteroatoms. The zero-order valence-electron chi connectivity index (χ0n) is 24.5. The van der Waals surface area contributed by atoms with E-state index >= 15 is 5.21 Å². The van der Waals surface area contributed by atoms with Crippen molar-refractivity contribution in [3.05, 3.63) is 125 Å². The average Bonchev–Trinajstić information content (AvgIpc) is 3.78. The molecule has 7 nitrogen and oxygen atoms in total. The minimum Gasteiger partial charge on any atom is -0.497 e. The van der Waals surface area contributed by atoms with Gasteiger partial charge in [-0.2, -0.15) is 0 Å². The highest BCUT2D eigenvalue weighted by molar-refractivity contribution is 6.13. The Kier molecular flexibility index (Phi) is 5.29. The molecule has 5 aromatic carbocycles. The van der Waals surface area contributed by atoms with Gasteiger partial charge in [0.1, 0.15) is 16.8 Å². The summed E-state index contributed by atoms with van der Waals surface area (Å²) in [7, 11) is 1.63. The maximum Gasteiger partial charge on any atom is 0.307 e. The third-order valence-corrected chi connectivity index (χ3v) is 11.8. The standard InChI is InChI=1S/C38H30NO6/c1-45-22-16-17-24-23-14-8-9-15-25(23)31-32(26(24)18-22)38(21-12-6-3-7-13-21)34-28-19-27(29(35(40)41)30(28)36(42)43)33(34)37(31,39(38)44)20-10-4-2-5-11-20/h2-18,27-30,33-34H,19H2,1H3,(H,40,41)(H,42,43)/t27-,28+,29?,30?,33?,34?,37-,38+/m0/s1. The number of hydroxylamine groups is 2. The predicted molar refractivity (Wildman–Crippen MR) is 166 cm³/mol. The summed E-state index contributed by atoms with van der Waals surface area (Å²) in [6.07, 6.45) is 0.452. The Morgan fingerprint density at radius 2 is 1.13 bits per heavy atom. The van der Waals surface area contributed by atoms with Crippen molar-refractivity contribution in [2.45, 2.75) is 17.5 Å². The zero-order valence-corrected chi connectivity index (χ0v) is 24.5. The van der Waals surface area contributed by atoms with Crippen molar-refractivity contribution in [3.8, 4) is 5.75 Å². The molecule has 2 aliphatic heterocycles. The normalized spacial score (nSPS) is 32.6. The van der Waals surface area contributed by atoms with Gasteiger partial charge in [0.25, 0.3) is 0 Å². The first-order valence-corrected chi connectivity index (χ1v) is 15.5. The molecular formula is C38H30NO6. The van der Waals surface area contributed by atoms with Gasteiger partial charge in [-0.05, 0) is 86.0 Å². The molecule has 4 bridgehead atoms. The van der Waals surface area contributed by atoms with Gasteiger partial charge in [-0.3, -0.25) is 9.59 Å². The van der Waals surface area contributed by atoms with E-state index in [-0.39, 0.29) is 0 Å². The Hall–Kier alpha value is -4.72. The first kappa shape index (κ1) is 26.7. The van der Waals surface area contributed by atoms with Crippen LogP contribution in [0.15, 0.2) is 103 Å². The molecule has 4 unspecified atom stereocenters. The molecule has 0 aromatic heterocycles. The minimum atomic E-state index is -1.26. The molecule has 2 aliphatic carbocycles. The SMILES string of the molecule is COc1ccc2c(c1)c1c(c3ccccc32)[C@@]2(c3ccccc3)C3C([C@@H]4C[C@H]3C(C(=O)O)C4C(=O)O)[C@]1(c1ccccc1)N2[O]. The van der Waals surface area contributed by atoms with E-state index < -0.39 is 58.5 Å². The van der Waals surface area contributed by atoms with Crippen molar-refractivity contribution in [1.29, 1.82) is 0 Å². The molecule has 2 saturated carbocycles. The molecule has 223 valence electrons. The fourth-order valence-corrected chi connectivity index (χ4v) is 10.7. The van der Waals surface area contributed by atoms with Crippen LogP contribution in [0.5, 0.6) is 5.75 Å². The van der Waals surface area contributed by atoms with Crippen LogP contribution in [0.25, 0.3) is 21.5 Å². The molecule has 1 radical (unpaired) electrons. The highest BCUT2D eigenvalue weighted by Gasteiger charge is 2.84. The summed E-state index contributed by atoms with van der Waals surface area (Å²) in [6.45, 7) is 0. The number of carbonyl (C=O) groups is 2. The Balaban J connectivity index is 1.53. The third kappa shape index (κ3) is 2.90. The molecule has 8 atom stereocenters. The van der Waals surface area contributed by atoms with Crippen molar-refractivity contribution in [2.24, 2.45) is 35.5 Å². The number of hydrogen-bond acceptors (Lipinski definition) is 4. The van der Waals surface area contributed by atoms with E-state index in [2.05, 4.69) is 12.1 Å². The molecule has 2 N–H and O–H groups in total. The van der Waals surface area contributed by atoms with Crippen LogP contribution in [0.1, 0.15) is 28.7 Å². The monoisotopic (exact) mass is 596 g/mol. The summed E-state index contributed by atoms with van der Waals surface area (Å²) in [6, 6.07) is 33.6. The van der Waals surface area contributed by atoms with Gasteiger partial charge in [0.2, 0.25) is 0 Å². The molecular weight excluding hydrogens is 566 g/mol. The van der Waals surface area contributed by atoms with E-state index in [0.29, 0.717) is 12.2 Å². The smallest absolute Gasteiger partial charge is 0.307 e. The van der Waals surface area contributed by atoms with Crippen LogP contribution in [0, 0.1) is 35.5 Å². The Morgan fingerprint density at radius 3 is 1.64 bits per heavy atom. The Morgan fingerprint density at radius 1 is 0.667 bits per heavy atom. The van der Waals surface area contributed by atoms with Gasteiger partial charge in [-0.15, -0.1) is 10.3 Å². The fourth-order valence-electron chi connectivity index (χ4n) is 10.7. The third-order valence-electron chi connectivity index (χ3n) is 11.8. The van der Waals surface area contributed by atoms with Gasteiger partial charge in [0.15, 0.2) is 0 Å². The van der Waals surface area contributed by atoms with Gasteiger partial charge in [-0.25, -0.2) is 0 Å². The molecule has 3 fully saturated rings. The van der Waals surface area contributed by atoms with Crippen LogP contribution in [-0.4, -0.2) is 34.3 Å². The summed E-state index contributed by atoms with van der Waals surface area (Å²) in [5.74, 6) is -5.54. The number of benzene rings is 5. The maximum absolute atomic E-state index is 16.0. The van der Waals surface area contributed by atoms with Crippen LogP contribution in [0.3, 0.4) is 0 Å². The first-order chi connectivity index (χ1) is 21.9. The number of hydrogen-bond donors (Lipinski definition) is 2. The van der Waals surface area contributed by atoms with E-state index in [1.807, 2.05) is 91.0 Å². The van der Waals surface area contributed by atoms with E-state index in [1.54, 1.807) is 7.11 Å². The predicted octanol–water partition coefficient (Wildman–Crippen LogP) is 6.45. The second-order valence-electron chi connectivity index (χ2n) is 13.1. The lowest BCUT2D eigenvalue weighted by atomic mass is 9.52. The largest absolute Gasteiger partial charge is 0.497 e. The first-order valence-electron chi connectivity index (χ1n) is 15.5. The minimum absolute atomic E-state index is 0.418. The van der Waals surface area contributed by atoms with Crippen LogP contribution < -0.4 is 4.74 Å². The van der Waals surface area contributed by atoms with Crippen LogP contribution in [0.2, 0.25) is 0 Å². The topological polar surface area (TPSA) is 107 Å². The highest BCUT2D eigenvalue weighted by atomic mass is 16.5. The second kappa shape index (κ2) is 8.93. The van der Waals surface area contributed by atoms with E-state index in [9.17, 15) is 19.8 Å². The summed E-state index contributed by atoms with van der Waals surface area (Å²) in [5, 5.41) is 42.2. The van der Waals surface area contributed by atoms with Crippen molar-refractivity contribution in [2.75, 3.05) is 7.11 Å². The Bertz CT molecular complexity index is 2060. The van der Waals surface area contributed by atoms with E-state index in [4.69, 9.17) is 4.74 Å². The molecule has 1 saturated heterocycles. The van der Waals surface area contributed by atoms with Crippen LogP contribution in [-0.2, 0) is 25.9 Å².